The number of nitrogens with zero attached hydrogens (tertiary/aromatic N) is 4. The van der Waals surface area contributed by atoms with Crippen molar-refractivity contribution in [3.8, 4) is 17.0 Å². The SMILES string of the molecule is CCOc1ccc(NC(=O)C2CCCN(c3ccc(-c4cccnc4)nn3)C2)cc1. The number of carbonyl (C=O) groups is 1. The number of pyridine rings is 1. The van der Waals surface area contributed by atoms with Gasteiger partial charge < -0.3 is 15.0 Å². The fraction of sp³-hybridized carbons (Fsp3) is 0.304. The number of hydrogen-bond acceptors (Lipinski definition) is 6. The summed E-state index contributed by atoms with van der Waals surface area (Å²) in [4.78, 5) is 19.0. The molecule has 1 saturated heterocycles. The van der Waals surface area contributed by atoms with E-state index < -0.39 is 0 Å². The van der Waals surface area contributed by atoms with Crippen molar-refractivity contribution in [2.24, 2.45) is 5.92 Å². The first-order valence-electron chi connectivity index (χ1n) is 10.3. The van der Waals surface area contributed by atoms with Gasteiger partial charge in [-0.1, -0.05) is 0 Å². The van der Waals surface area contributed by atoms with Crippen LogP contribution in [0.15, 0.2) is 60.9 Å². The van der Waals surface area contributed by atoms with Crippen LogP contribution in [-0.4, -0.2) is 40.8 Å². The molecule has 1 unspecified atom stereocenters. The van der Waals surface area contributed by atoms with Gasteiger partial charge in [0.1, 0.15) is 5.75 Å². The van der Waals surface area contributed by atoms with Crippen molar-refractivity contribution in [2.45, 2.75) is 19.8 Å². The highest BCUT2D eigenvalue weighted by Gasteiger charge is 2.27. The van der Waals surface area contributed by atoms with Crippen molar-refractivity contribution in [2.75, 3.05) is 29.9 Å². The number of carbonyl (C=O) groups excluding carboxylic acids is 1. The minimum absolute atomic E-state index is 0.0313. The Morgan fingerprint density at radius 3 is 2.73 bits per heavy atom. The van der Waals surface area contributed by atoms with E-state index in [2.05, 4.69) is 25.4 Å². The zero-order chi connectivity index (χ0) is 20.8. The second-order valence-electron chi connectivity index (χ2n) is 7.25. The van der Waals surface area contributed by atoms with Gasteiger partial charge >= 0.3 is 0 Å². The minimum atomic E-state index is -0.0925. The smallest absolute Gasteiger partial charge is 0.229 e. The molecule has 0 radical (unpaired) electrons. The maximum atomic E-state index is 12.8. The average Bonchev–Trinajstić information content (AvgIpc) is 2.81. The number of hydrogen-bond donors (Lipinski definition) is 1. The van der Waals surface area contributed by atoms with Gasteiger partial charge in [-0.15, -0.1) is 10.2 Å². The van der Waals surface area contributed by atoms with E-state index in [-0.39, 0.29) is 11.8 Å². The van der Waals surface area contributed by atoms with Gasteiger partial charge in [0.15, 0.2) is 5.82 Å². The molecule has 4 rings (SSSR count). The van der Waals surface area contributed by atoms with Gasteiger partial charge in [0.05, 0.1) is 18.2 Å². The fourth-order valence-corrected chi connectivity index (χ4v) is 3.61. The Kier molecular flexibility index (Phi) is 6.17. The van der Waals surface area contributed by atoms with Gasteiger partial charge in [-0.3, -0.25) is 9.78 Å². The molecule has 3 heterocycles. The van der Waals surface area contributed by atoms with E-state index in [1.165, 1.54) is 0 Å². The standard InChI is InChI=1S/C23H25N5O2/c1-2-30-20-9-7-19(8-10-20)25-23(29)18-6-4-14-28(16-18)22-12-11-21(26-27-22)17-5-3-13-24-15-17/h3,5,7-13,15,18H,2,4,6,14,16H2,1H3,(H,25,29). The topological polar surface area (TPSA) is 80.2 Å². The Morgan fingerprint density at radius 1 is 1.17 bits per heavy atom. The van der Waals surface area contributed by atoms with Crippen LogP contribution in [0, 0.1) is 5.92 Å². The Hall–Kier alpha value is -3.48. The van der Waals surface area contributed by atoms with E-state index in [0.717, 1.165) is 47.9 Å². The predicted molar refractivity (Wildman–Crippen MR) is 116 cm³/mol. The highest BCUT2D eigenvalue weighted by Crippen LogP contribution is 2.24. The summed E-state index contributed by atoms with van der Waals surface area (Å²) in [5, 5.41) is 11.7. The minimum Gasteiger partial charge on any atom is -0.494 e. The predicted octanol–water partition coefficient (Wildman–Crippen LogP) is 3.79. The lowest BCUT2D eigenvalue weighted by Gasteiger charge is -2.32. The van der Waals surface area contributed by atoms with Crippen LogP contribution in [0.3, 0.4) is 0 Å². The number of nitrogens with one attached hydrogen (secondary N) is 1. The number of rotatable bonds is 6. The Morgan fingerprint density at radius 2 is 2.03 bits per heavy atom. The van der Waals surface area contributed by atoms with E-state index in [9.17, 15) is 4.79 Å². The van der Waals surface area contributed by atoms with Crippen LogP contribution in [0.5, 0.6) is 5.75 Å². The summed E-state index contributed by atoms with van der Waals surface area (Å²) in [6.45, 7) is 4.06. The van der Waals surface area contributed by atoms with Crippen molar-refractivity contribution >= 4 is 17.4 Å². The zero-order valence-corrected chi connectivity index (χ0v) is 17.0. The van der Waals surface area contributed by atoms with Crippen LogP contribution in [-0.2, 0) is 4.79 Å². The number of amides is 1. The summed E-state index contributed by atoms with van der Waals surface area (Å²) in [6.07, 6.45) is 5.30. The lowest BCUT2D eigenvalue weighted by Crippen LogP contribution is -2.41. The molecule has 1 aliphatic rings. The van der Waals surface area contributed by atoms with E-state index in [4.69, 9.17) is 4.74 Å². The molecular formula is C23H25N5O2. The van der Waals surface area contributed by atoms with Gasteiger partial charge in [0.2, 0.25) is 5.91 Å². The highest BCUT2D eigenvalue weighted by atomic mass is 16.5. The number of anilines is 2. The third-order valence-electron chi connectivity index (χ3n) is 5.16. The molecule has 1 atom stereocenters. The molecule has 0 saturated carbocycles. The van der Waals surface area contributed by atoms with Crippen molar-refractivity contribution in [1.82, 2.24) is 15.2 Å². The van der Waals surface area contributed by atoms with E-state index in [1.807, 2.05) is 55.5 Å². The Labute approximate surface area is 176 Å². The van der Waals surface area contributed by atoms with Crippen molar-refractivity contribution in [3.05, 3.63) is 60.9 Å². The first-order valence-corrected chi connectivity index (χ1v) is 10.3. The van der Waals surface area contributed by atoms with Crippen LogP contribution in [0.2, 0.25) is 0 Å². The molecular weight excluding hydrogens is 378 g/mol. The van der Waals surface area contributed by atoms with Gasteiger partial charge in [-0.2, -0.15) is 0 Å². The number of aromatic nitrogens is 3. The largest absolute Gasteiger partial charge is 0.494 e. The summed E-state index contributed by atoms with van der Waals surface area (Å²) >= 11 is 0. The normalized spacial score (nSPS) is 16.2. The third kappa shape index (κ3) is 4.74. The Bertz CT molecular complexity index is 961. The molecule has 154 valence electrons. The molecule has 7 nitrogen and oxygen atoms in total. The number of benzene rings is 1. The Balaban J connectivity index is 1.38. The summed E-state index contributed by atoms with van der Waals surface area (Å²) in [7, 11) is 0. The van der Waals surface area contributed by atoms with Crippen molar-refractivity contribution < 1.29 is 9.53 Å². The van der Waals surface area contributed by atoms with Crippen LogP contribution in [0.1, 0.15) is 19.8 Å². The van der Waals surface area contributed by atoms with Crippen molar-refractivity contribution in [3.63, 3.8) is 0 Å². The lowest BCUT2D eigenvalue weighted by atomic mass is 9.97. The molecule has 0 spiro atoms. The first kappa shape index (κ1) is 19.8. The molecule has 3 aromatic rings. The first-order chi connectivity index (χ1) is 14.7. The third-order valence-corrected chi connectivity index (χ3v) is 5.16. The molecule has 0 bridgehead atoms. The molecule has 1 aliphatic heterocycles. The van der Waals surface area contributed by atoms with Crippen molar-refractivity contribution in [1.29, 1.82) is 0 Å². The van der Waals surface area contributed by atoms with Gasteiger partial charge in [-0.25, -0.2) is 0 Å². The summed E-state index contributed by atoms with van der Waals surface area (Å²) in [5.41, 5.74) is 2.50. The second-order valence-corrected chi connectivity index (χ2v) is 7.25. The van der Waals surface area contributed by atoms with Crippen LogP contribution >= 0.6 is 0 Å². The lowest BCUT2D eigenvalue weighted by molar-refractivity contribution is -0.120. The van der Waals surface area contributed by atoms with Gasteiger partial charge in [0.25, 0.3) is 0 Å². The molecule has 2 aromatic heterocycles. The summed E-state index contributed by atoms with van der Waals surface area (Å²) in [6, 6.07) is 15.2. The van der Waals surface area contributed by atoms with E-state index in [1.54, 1.807) is 12.4 Å². The van der Waals surface area contributed by atoms with Crippen LogP contribution in [0.4, 0.5) is 11.5 Å². The quantitative estimate of drug-likeness (QED) is 0.674. The maximum absolute atomic E-state index is 12.8. The molecule has 1 amide bonds. The fourth-order valence-electron chi connectivity index (χ4n) is 3.61. The average molecular weight is 403 g/mol. The number of piperidine rings is 1. The molecule has 7 heteroatoms. The monoisotopic (exact) mass is 403 g/mol. The van der Waals surface area contributed by atoms with Gasteiger partial charge in [0, 0.05) is 36.7 Å². The molecule has 1 N–H and O–H groups in total. The van der Waals surface area contributed by atoms with Crippen LogP contribution in [0.25, 0.3) is 11.3 Å². The second kappa shape index (κ2) is 9.35. The molecule has 0 aliphatic carbocycles. The molecule has 1 aromatic carbocycles. The highest BCUT2D eigenvalue weighted by molar-refractivity contribution is 5.93. The van der Waals surface area contributed by atoms with E-state index >= 15 is 0 Å². The summed E-state index contributed by atoms with van der Waals surface area (Å²) < 4.78 is 5.45. The molecule has 1 fully saturated rings. The van der Waals surface area contributed by atoms with Crippen LogP contribution < -0.4 is 15.0 Å². The maximum Gasteiger partial charge on any atom is 0.229 e. The molecule has 30 heavy (non-hydrogen) atoms. The summed E-state index contributed by atoms with van der Waals surface area (Å²) in [5.74, 6) is 1.53. The number of ether oxygens (including phenoxy) is 1. The van der Waals surface area contributed by atoms with E-state index in [0.29, 0.717) is 13.2 Å². The zero-order valence-electron chi connectivity index (χ0n) is 17.0. The van der Waals surface area contributed by atoms with Gasteiger partial charge in [-0.05, 0) is 68.3 Å².